The second-order valence-corrected chi connectivity index (χ2v) is 10.5. The summed E-state index contributed by atoms with van der Waals surface area (Å²) >= 11 is 0. The van der Waals surface area contributed by atoms with Gasteiger partial charge in [-0.05, 0) is 76.1 Å². The number of anilines is 2. The summed E-state index contributed by atoms with van der Waals surface area (Å²) in [7, 11) is 1.62. The highest BCUT2D eigenvalue weighted by atomic mass is 19.1. The first-order valence-corrected chi connectivity index (χ1v) is 13.1. The molecule has 2 unspecified atom stereocenters. The maximum Gasteiger partial charge on any atom is 0.249 e. The van der Waals surface area contributed by atoms with Crippen molar-refractivity contribution in [3.63, 3.8) is 0 Å². The van der Waals surface area contributed by atoms with Crippen molar-refractivity contribution in [2.45, 2.75) is 69.9 Å². The summed E-state index contributed by atoms with van der Waals surface area (Å²) in [6.45, 7) is 4.49. The Labute approximate surface area is 207 Å². The van der Waals surface area contributed by atoms with Crippen LogP contribution in [0.15, 0.2) is 12.1 Å². The van der Waals surface area contributed by atoms with Gasteiger partial charge in [-0.25, -0.2) is 8.78 Å². The predicted octanol–water partition coefficient (Wildman–Crippen LogP) is 3.02. The number of likely N-dealkylation sites (N-methyl/N-ethyl adjacent to an activating group) is 1. The molecule has 0 aromatic heterocycles. The number of benzene rings is 1. The minimum Gasteiger partial charge on any atom is -0.367 e. The number of imide groups is 1. The Morgan fingerprint density at radius 1 is 0.971 bits per heavy atom. The van der Waals surface area contributed by atoms with Crippen molar-refractivity contribution in [3.05, 3.63) is 23.8 Å². The van der Waals surface area contributed by atoms with Crippen LogP contribution in [0.5, 0.6) is 0 Å². The lowest BCUT2D eigenvalue weighted by molar-refractivity contribution is -0.134. The number of rotatable bonds is 5. The lowest BCUT2D eigenvalue weighted by Gasteiger charge is -2.37. The van der Waals surface area contributed by atoms with E-state index >= 15 is 8.78 Å². The first kappa shape index (κ1) is 25.8. The van der Waals surface area contributed by atoms with Gasteiger partial charge in [-0.15, -0.1) is 0 Å². The zero-order valence-corrected chi connectivity index (χ0v) is 20.8. The minimum absolute atomic E-state index is 0.0145. The third kappa shape index (κ3) is 6.50. The van der Waals surface area contributed by atoms with Gasteiger partial charge in [0.25, 0.3) is 0 Å². The van der Waals surface area contributed by atoms with Crippen LogP contribution in [0.25, 0.3) is 0 Å². The fraction of sp³-hybridized carbons (Fsp3) is 0.692. The smallest absolute Gasteiger partial charge is 0.249 e. The molecular formula is C26H39F2N5O2. The number of carbonyl (C=O) groups is 2. The molecule has 1 aromatic carbocycles. The summed E-state index contributed by atoms with van der Waals surface area (Å²) in [6.07, 6.45) is 8.06. The van der Waals surface area contributed by atoms with E-state index < -0.39 is 23.6 Å². The van der Waals surface area contributed by atoms with Gasteiger partial charge in [-0.1, -0.05) is 6.42 Å². The number of hydrogen-bond donors (Lipinski definition) is 2. The van der Waals surface area contributed by atoms with Crippen molar-refractivity contribution in [2.75, 3.05) is 49.6 Å². The fourth-order valence-corrected chi connectivity index (χ4v) is 5.75. The van der Waals surface area contributed by atoms with Gasteiger partial charge in [0.05, 0.1) is 0 Å². The van der Waals surface area contributed by atoms with Gasteiger partial charge in [0, 0.05) is 44.8 Å². The Balaban J connectivity index is 1.34. The van der Waals surface area contributed by atoms with Crippen LogP contribution in [-0.4, -0.2) is 68.6 Å². The Hall–Kier alpha value is -2.26. The summed E-state index contributed by atoms with van der Waals surface area (Å²) in [6, 6.07) is 2.29. The van der Waals surface area contributed by atoms with Crippen LogP contribution >= 0.6 is 0 Å². The van der Waals surface area contributed by atoms with Crippen molar-refractivity contribution in [1.82, 2.24) is 10.2 Å². The zero-order chi connectivity index (χ0) is 24.9. The summed E-state index contributed by atoms with van der Waals surface area (Å²) in [5.41, 5.74) is 6.46. The number of nitrogens with zero attached hydrogens (tertiary/aromatic N) is 3. The standard InChI is InChI=1S/C26H39F2N5O2/c1-31(23-7-8-24(34)30-26(23)35)20-15-21(27)25(22(28)16-20)33-13-9-18(10-14-33)17-32-11-3-2-5-19(29)6-4-12-32/h15-16,18-19,23H,2-14,17,29H2,1H3,(H,30,34,35). The van der Waals surface area contributed by atoms with Gasteiger partial charge in [0.15, 0.2) is 11.6 Å². The third-order valence-corrected chi connectivity index (χ3v) is 7.88. The van der Waals surface area contributed by atoms with Crippen molar-refractivity contribution >= 4 is 23.2 Å². The van der Waals surface area contributed by atoms with Crippen molar-refractivity contribution in [3.8, 4) is 0 Å². The lowest BCUT2D eigenvalue weighted by atomic mass is 9.95. The molecule has 7 nitrogen and oxygen atoms in total. The quantitative estimate of drug-likeness (QED) is 0.617. The summed E-state index contributed by atoms with van der Waals surface area (Å²) in [4.78, 5) is 29.5. The number of piperidine rings is 2. The average Bonchev–Trinajstić information content (AvgIpc) is 2.91. The summed E-state index contributed by atoms with van der Waals surface area (Å²) in [5, 5.41) is 2.29. The topological polar surface area (TPSA) is 81.9 Å². The molecule has 35 heavy (non-hydrogen) atoms. The van der Waals surface area contributed by atoms with E-state index in [4.69, 9.17) is 5.73 Å². The Kier molecular flexibility index (Phi) is 8.59. The van der Waals surface area contributed by atoms with Crippen LogP contribution in [0.4, 0.5) is 20.2 Å². The molecule has 2 atom stereocenters. The molecule has 1 aromatic rings. The molecule has 194 valence electrons. The van der Waals surface area contributed by atoms with Crippen LogP contribution < -0.4 is 20.9 Å². The van der Waals surface area contributed by atoms with Gasteiger partial charge >= 0.3 is 0 Å². The first-order valence-electron chi connectivity index (χ1n) is 13.1. The maximum absolute atomic E-state index is 15.1. The van der Waals surface area contributed by atoms with Gasteiger partial charge in [0.1, 0.15) is 11.7 Å². The molecular weight excluding hydrogens is 452 g/mol. The van der Waals surface area contributed by atoms with Crippen LogP contribution in [-0.2, 0) is 9.59 Å². The molecule has 3 aliphatic rings. The molecule has 0 saturated carbocycles. The molecule has 3 fully saturated rings. The molecule has 0 spiro atoms. The molecule has 0 radical (unpaired) electrons. The van der Waals surface area contributed by atoms with Gasteiger partial charge in [-0.3, -0.25) is 14.9 Å². The molecule has 2 amide bonds. The lowest BCUT2D eigenvalue weighted by Crippen LogP contribution is -2.51. The van der Waals surface area contributed by atoms with Crippen LogP contribution in [0, 0.1) is 17.6 Å². The Morgan fingerprint density at radius 3 is 2.31 bits per heavy atom. The zero-order valence-electron chi connectivity index (χ0n) is 20.8. The molecule has 4 rings (SSSR count). The van der Waals surface area contributed by atoms with E-state index in [1.54, 1.807) is 11.9 Å². The number of nitrogens with two attached hydrogens (primary N) is 1. The van der Waals surface area contributed by atoms with Crippen LogP contribution in [0.1, 0.15) is 57.8 Å². The van der Waals surface area contributed by atoms with Crippen molar-refractivity contribution in [1.29, 1.82) is 0 Å². The first-order chi connectivity index (χ1) is 16.8. The third-order valence-electron chi connectivity index (χ3n) is 7.88. The molecule has 3 N–H and O–H groups in total. The summed E-state index contributed by atoms with van der Waals surface area (Å²) in [5.74, 6) is -1.45. The van der Waals surface area contributed by atoms with E-state index in [-0.39, 0.29) is 18.0 Å². The fourth-order valence-electron chi connectivity index (χ4n) is 5.75. The number of amides is 2. The molecule has 9 heteroatoms. The van der Waals surface area contributed by atoms with Gasteiger partial charge in [-0.2, -0.15) is 0 Å². The molecule has 3 heterocycles. The van der Waals surface area contributed by atoms with E-state index in [1.807, 2.05) is 4.90 Å². The van der Waals surface area contributed by atoms with Crippen molar-refractivity contribution < 1.29 is 18.4 Å². The SMILES string of the molecule is CN(c1cc(F)c(N2CCC(CN3CCCCC(N)CCC3)CC2)c(F)c1)C1CCC(=O)NC1=O. The number of carbonyl (C=O) groups excluding carboxylic acids is 2. The molecule has 0 bridgehead atoms. The highest BCUT2D eigenvalue weighted by Crippen LogP contribution is 2.33. The average molecular weight is 492 g/mol. The monoisotopic (exact) mass is 491 g/mol. The second-order valence-electron chi connectivity index (χ2n) is 10.5. The number of halogens is 2. The molecule has 0 aliphatic carbocycles. The largest absolute Gasteiger partial charge is 0.367 e. The van der Waals surface area contributed by atoms with Crippen LogP contribution in [0.2, 0.25) is 0 Å². The van der Waals surface area contributed by atoms with E-state index in [9.17, 15) is 9.59 Å². The minimum atomic E-state index is -0.628. The normalized spacial score (nSPS) is 25.5. The number of hydrogen-bond acceptors (Lipinski definition) is 6. The van der Waals surface area contributed by atoms with E-state index in [0.717, 1.165) is 51.7 Å². The second kappa shape index (κ2) is 11.6. The maximum atomic E-state index is 15.1. The molecule has 3 aliphatic heterocycles. The summed E-state index contributed by atoms with van der Waals surface area (Å²) < 4.78 is 30.2. The Morgan fingerprint density at radius 2 is 1.63 bits per heavy atom. The van der Waals surface area contributed by atoms with E-state index in [0.29, 0.717) is 37.2 Å². The van der Waals surface area contributed by atoms with E-state index in [2.05, 4.69) is 10.2 Å². The van der Waals surface area contributed by atoms with Gasteiger partial charge < -0.3 is 20.4 Å². The van der Waals surface area contributed by atoms with Gasteiger partial charge in [0.2, 0.25) is 11.8 Å². The number of nitrogens with one attached hydrogen (secondary N) is 1. The van der Waals surface area contributed by atoms with Crippen molar-refractivity contribution in [2.24, 2.45) is 11.7 Å². The predicted molar refractivity (Wildman–Crippen MR) is 133 cm³/mol. The van der Waals surface area contributed by atoms with Crippen LogP contribution in [0.3, 0.4) is 0 Å². The molecule has 3 saturated heterocycles. The Bertz CT molecular complexity index is 883. The highest BCUT2D eigenvalue weighted by Gasteiger charge is 2.32. The highest BCUT2D eigenvalue weighted by molar-refractivity contribution is 6.01. The van der Waals surface area contributed by atoms with E-state index in [1.165, 1.54) is 25.0 Å².